The van der Waals surface area contributed by atoms with Crippen molar-refractivity contribution in [1.29, 1.82) is 0 Å². The molecule has 1 aliphatic heterocycles. The predicted molar refractivity (Wildman–Crippen MR) is 135 cm³/mol. The summed E-state index contributed by atoms with van der Waals surface area (Å²) in [6.07, 6.45) is 0.449. The van der Waals surface area contributed by atoms with Crippen LogP contribution in [0.4, 0.5) is 5.69 Å². The van der Waals surface area contributed by atoms with E-state index in [1.54, 1.807) is 7.11 Å². The summed E-state index contributed by atoms with van der Waals surface area (Å²) < 4.78 is 7.57. The third kappa shape index (κ3) is 3.50. The molecule has 2 heterocycles. The van der Waals surface area contributed by atoms with Gasteiger partial charge in [0.2, 0.25) is 5.91 Å². The first-order valence-corrected chi connectivity index (χ1v) is 11.6. The van der Waals surface area contributed by atoms with Gasteiger partial charge in [-0.25, -0.2) is 4.98 Å². The van der Waals surface area contributed by atoms with Crippen LogP contribution in [0.5, 0.6) is 5.75 Å². The number of carbonyl (C=O) groups is 1. The third-order valence-electron chi connectivity index (χ3n) is 6.77. The molecule has 1 amide bonds. The molecule has 1 fully saturated rings. The lowest BCUT2D eigenvalue weighted by atomic mass is 10.0. The molecule has 0 radical (unpaired) electrons. The summed E-state index contributed by atoms with van der Waals surface area (Å²) in [5.41, 5.74) is 4.21. The van der Waals surface area contributed by atoms with E-state index in [0.717, 1.165) is 28.3 Å². The summed E-state index contributed by atoms with van der Waals surface area (Å²) in [6, 6.07) is 30.8. The molecular weight excluding hydrogens is 422 g/mol. The molecule has 1 saturated heterocycles. The zero-order valence-corrected chi connectivity index (χ0v) is 19.0. The van der Waals surface area contributed by atoms with Crippen molar-refractivity contribution in [2.24, 2.45) is 0 Å². The van der Waals surface area contributed by atoms with E-state index in [9.17, 15) is 4.79 Å². The Kier molecular flexibility index (Phi) is 5.02. The highest BCUT2D eigenvalue weighted by Crippen LogP contribution is 2.34. The molecule has 0 unspecified atom stereocenters. The first-order valence-electron chi connectivity index (χ1n) is 11.6. The van der Waals surface area contributed by atoms with Gasteiger partial charge in [-0.1, -0.05) is 54.6 Å². The number of imidazole rings is 1. The Labute approximate surface area is 198 Å². The lowest BCUT2D eigenvalue weighted by molar-refractivity contribution is -0.117. The Morgan fingerprint density at radius 2 is 1.68 bits per heavy atom. The Morgan fingerprint density at radius 3 is 2.53 bits per heavy atom. The normalized spacial score (nSPS) is 16.0. The van der Waals surface area contributed by atoms with Gasteiger partial charge in [-0.3, -0.25) is 4.79 Å². The smallest absolute Gasteiger partial charge is 0.227 e. The van der Waals surface area contributed by atoms with Crippen molar-refractivity contribution in [3.8, 4) is 5.75 Å². The zero-order valence-electron chi connectivity index (χ0n) is 19.0. The fourth-order valence-electron chi connectivity index (χ4n) is 5.06. The van der Waals surface area contributed by atoms with Gasteiger partial charge in [0, 0.05) is 31.1 Å². The van der Waals surface area contributed by atoms with E-state index in [0.29, 0.717) is 19.5 Å². The van der Waals surface area contributed by atoms with E-state index < -0.39 is 0 Å². The summed E-state index contributed by atoms with van der Waals surface area (Å²) in [5.74, 6) is 1.90. The Bertz CT molecular complexity index is 1500. The largest absolute Gasteiger partial charge is 0.497 e. The van der Waals surface area contributed by atoms with Crippen LogP contribution >= 0.6 is 0 Å². The van der Waals surface area contributed by atoms with Gasteiger partial charge in [0.05, 0.1) is 18.1 Å². The summed E-state index contributed by atoms with van der Waals surface area (Å²) in [7, 11) is 1.65. The van der Waals surface area contributed by atoms with Gasteiger partial charge in [0.1, 0.15) is 11.6 Å². The summed E-state index contributed by atoms with van der Waals surface area (Å²) >= 11 is 0. The number of fused-ring (bicyclic) bond motifs is 2. The lowest BCUT2D eigenvalue weighted by Crippen LogP contribution is -2.24. The molecule has 6 rings (SSSR count). The molecule has 1 aliphatic rings. The van der Waals surface area contributed by atoms with Crippen LogP contribution in [0.2, 0.25) is 0 Å². The number of methoxy groups -OCH3 is 1. The van der Waals surface area contributed by atoms with Crippen LogP contribution in [0, 0.1) is 0 Å². The van der Waals surface area contributed by atoms with Gasteiger partial charge < -0.3 is 14.2 Å². The minimum Gasteiger partial charge on any atom is -0.497 e. The van der Waals surface area contributed by atoms with E-state index in [-0.39, 0.29) is 11.8 Å². The number of hydrogen-bond acceptors (Lipinski definition) is 3. The van der Waals surface area contributed by atoms with Crippen LogP contribution < -0.4 is 9.64 Å². The second-order valence-corrected chi connectivity index (χ2v) is 8.79. The molecule has 0 spiro atoms. The van der Waals surface area contributed by atoms with E-state index in [1.165, 1.54) is 16.3 Å². The lowest BCUT2D eigenvalue weighted by Gasteiger charge is -2.18. The van der Waals surface area contributed by atoms with Crippen LogP contribution in [-0.2, 0) is 11.3 Å². The molecule has 34 heavy (non-hydrogen) atoms. The Morgan fingerprint density at radius 1 is 0.912 bits per heavy atom. The molecule has 4 aromatic carbocycles. The van der Waals surface area contributed by atoms with Crippen LogP contribution in [0.3, 0.4) is 0 Å². The van der Waals surface area contributed by atoms with Crippen LogP contribution in [0.15, 0.2) is 91.0 Å². The number of ether oxygens (including phenoxy) is 1. The number of carbonyl (C=O) groups excluding carboxylic acids is 1. The predicted octanol–water partition coefficient (Wildman–Crippen LogP) is 5.77. The zero-order chi connectivity index (χ0) is 23.1. The van der Waals surface area contributed by atoms with E-state index in [4.69, 9.17) is 9.72 Å². The highest BCUT2D eigenvalue weighted by Gasteiger charge is 2.35. The number of nitrogens with zero attached hydrogens (tertiary/aromatic N) is 3. The number of benzene rings is 4. The second kappa shape index (κ2) is 8.34. The van der Waals surface area contributed by atoms with Crippen LogP contribution in [-0.4, -0.2) is 29.1 Å². The highest BCUT2D eigenvalue weighted by atomic mass is 16.5. The fourth-order valence-corrected chi connectivity index (χ4v) is 5.06. The van der Waals surface area contributed by atoms with E-state index in [1.807, 2.05) is 35.2 Å². The molecule has 0 N–H and O–H groups in total. The van der Waals surface area contributed by atoms with E-state index >= 15 is 0 Å². The second-order valence-electron chi connectivity index (χ2n) is 8.79. The summed E-state index contributed by atoms with van der Waals surface area (Å²) in [4.78, 5) is 19.9. The molecule has 0 aliphatic carbocycles. The van der Waals surface area contributed by atoms with Crippen molar-refractivity contribution in [2.75, 3.05) is 18.6 Å². The average molecular weight is 448 g/mol. The maximum absolute atomic E-state index is 13.0. The Hall–Kier alpha value is -4.12. The van der Waals surface area contributed by atoms with Crippen molar-refractivity contribution < 1.29 is 9.53 Å². The molecular formula is C29H25N3O2. The molecule has 168 valence electrons. The van der Waals surface area contributed by atoms with E-state index in [2.05, 4.69) is 65.2 Å². The molecule has 5 heteroatoms. The van der Waals surface area contributed by atoms with Gasteiger partial charge >= 0.3 is 0 Å². The van der Waals surface area contributed by atoms with Crippen molar-refractivity contribution in [3.63, 3.8) is 0 Å². The number of anilines is 1. The standard InChI is InChI=1S/C29H25N3O2/c1-34-24-15-13-23(14-16-24)31-19-22(17-28(31)33)29-30-26-11-4-5-12-27(26)32(29)18-21-9-6-8-20-7-2-3-10-25(20)21/h2-16,22H,17-19H2,1H3/t22-/m1/s1. The SMILES string of the molecule is COc1ccc(N2C[C@H](c3nc4ccccc4n3Cc3cccc4ccccc34)CC2=O)cc1. The topological polar surface area (TPSA) is 47.4 Å². The van der Waals surface area contributed by atoms with Gasteiger partial charge in [0.25, 0.3) is 0 Å². The highest BCUT2D eigenvalue weighted by molar-refractivity contribution is 5.96. The first kappa shape index (κ1) is 20.5. The van der Waals surface area contributed by atoms with Crippen LogP contribution in [0.25, 0.3) is 21.8 Å². The number of amides is 1. The molecule has 5 aromatic rings. The fraction of sp³-hybridized carbons (Fsp3) is 0.172. The van der Waals surface area contributed by atoms with Gasteiger partial charge in [-0.05, 0) is 52.7 Å². The number of rotatable bonds is 5. The van der Waals surface area contributed by atoms with Gasteiger partial charge in [0.15, 0.2) is 0 Å². The third-order valence-corrected chi connectivity index (χ3v) is 6.77. The summed E-state index contributed by atoms with van der Waals surface area (Å²) in [5, 5.41) is 2.48. The molecule has 0 saturated carbocycles. The Balaban J connectivity index is 1.39. The number of hydrogen-bond donors (Lipinski definition) is 0. The van der Waals surface area contributed by atoms with Gasteiger partial charge in [-0.2, -0.15) is 0 Å². The minimum absolute atomic E-state index is 0.0250. The van der Waals surface area contributed by atoms with Crippen molar-refractivity contribution in [1.82, 2.24) is 9.55 Å². The molecule has 5 nitrogen and oxygen atoms in total. The molecule has 1 aromatic heterocycles. The van der Waals surface area contributed by atoms with Crippen molar-refractivity contribution in [2.45, 2.75) is 18.9 Å². The van der Waals surface area contributed by atoms with Gasteiger partial charge in [-0.15, -0.1) is 0 Å². The number of para-hydroxylation sites is 2. The van der Waals surface area contributed by atoms with Crippen LogP contribution in [0.1, 0.15) is 23.7 Å². The first-order chi connectivity index (χ1) is 16.7. The average Bonchev–Trinajstić information content (AvgIpc) is 3.45. The maximum Gasteiger partial charge on any atom is 0.227 e. The number of aromatic nitrogens is 2. The monoisotopic (exact) mass is 447 g/mol. The maximum atomic E-state index is 13.0. The minimum atomic E-state index is 0.0250. The quantitative estimate of drug-likeness (QED) is 0.344. The molecule has 1 atom stereocenters. The summed E-state index contributed by atoms with van der Waals surface area (Å²) in [6.45, 7) is 1.33. The van der Waals surface area contributed by atoms with Crippen molar-refractivity contribution >= 4 is 33.4 Å². The van der Waals surface area contributed by atoms with Crippen molar-refractivity contribution in [3.05, 3.63) is 102 Å². The molecule has 0 bridgehead atoms.